The standard InChI is InChI=1S/C21H28N6O2/c1-21(2,3)27-20(23-24-25-27)19(18-10-4-5-11-22-18)26(14-16-8-6-12-28-16)15-17-9-7-13-29-17/h4-6,8,10-12,17,19H,7,9,13-15H2,1-3H3. The largest absolute Gasteiger partial charge is 0.468 e. The van der Waals surface area contributed by atoms with Crippen LogP contribution in [0.4, 0.5) is 0 Å². The highest BCUT2D eigenvalue weighted by atomic mass is 16.5. The van der Waals surface area contributed by atoms with Crippen molar-refractivity contribution >= 4 is 0 Å². The van der Waals surface area contributed by atoms with Crippen molar-refractivity contribution < 1.29 is 9.15 Å². The average molecular weight is 396 g/mol. The molecule has 8 nitrogen and oxygen atoms in total. The fourth-order valence-electron chi connectivity index (χ4n) is 3.78. The molecule has 1 aliphatic rings. The summed E-state index contributed by atoms with van der Waals surface area (Å²) in [6.07, 6.45) is 5.83. The van der Waals surface area contributed by atoms with Gasteiger partial charge in [-0.15, -0.1) is 5.10 Å². The van der Waals surface area contributed by atoms with Gasteiger partial charge in [0.05, 0.1) is 30.1 Å². The molecule has 0 aliphatic carbocycles. The van der Waals surface area contributed by atoms with Crippen molar-refractivity contribution in [3.05, 3.63) is 60.1 Å². The molecule has 154 valence electrons. The van der Waals surface area contributed by atoms with Gasteiger partial charge in [-0.1, -0.05) is 6.07 Å². The van der Waals surface area contributed by atoms with Gasteiger partial charge >= 0.3 is 0 Å². The van der Waals surface area contributed by atoms with Gasteiger partial charge in [-0.3, -0.25) is 9.88 Å². The first-order chi connectivity index (χ1) is 14.0. The summed E-state index contributed by atoms with van der Waals surface area (Å²) in [5.41, 5.74) is 0.642. The Morgan fingerprint density at radius 2 is 2.14 bits per heavy atom. The topological polar surface area (TPSA) is 82.1 Å². The van der Waals surface area contributed by atoms with Crippen LogP contribution in [0.3, 0.4) is 0 Å². The molecule has 0 bridgehead atoms. The second-order valence-electron chi connectivity index (χ2n) is 8.42. The third-order valence-corrected chi connectivity index (χ3v) is 5.11. The normalized spacial score (nSPS) is 18.4. The van der Waals surface area contributed by atoms with Gasteiger partial charge in [-0.05, 0) is 68.3 Å². The highest BCUT2D eigenvalue weighted by Crippen LogP contribution is 2.31. The van der Waals surface area contributed by atoms with Gasteiger partial charge in [0.15, 0.2) is 5.82 Å². The SMILES string of the molecule is CC(C)(C)n1nnnc1C(c1ccccn1)N(Cc1ccco1)CC1CCCO1. The molecular weight excluding hydrogens is 368 g/mol. The summed E-state index contributed by atoms with van der Waals surface area (Å²) in [7, 11) is 0. The Bertz CT molecular complexity index is 882. The van der Waals surface area contributed by atoms with E-state index >= 15 is 0 Å². The summed E-state index contributed by atoms with van der Waals surface area (Å²) < 4.78 is 13.5. The molecule has 2 atom stereocenters. The van der Waals surface area contributed by atoms with Crippen LogP contribution in [0.5, 0.6) is 0 Å². The molecule has 0 saturated carbocycles. The lowest BCUT2D eigenvalue weighted by Gasteiger charge is -2.33. The van der Waals surface area contributed by atoms with Crippen LogP contribution in [0.15, 0.2) is 47.2 Å². The number of aromatic nitrogens is 5. The van der Waals surface area contributed by atoms with E-state index in [1.807, 2.05) is 41.2 Å². The molecule has 4 rings (SSSR count). The van der Waals surface area contributed by atoms with Gasteiger partial charge in [0.25, 0.3) is 0 Å². The lowest BCUT2D eigenvalue weighted by molar-refractivity contribution is 0.0531. The van der Waals surface area contributed by atoms with Crippen molar-refractivity contribution in [2.45, 2.75) is 57.8 Å². The minimum Gasteiger partial charge on any atom is -0.468 e. The second kappa shape index (κ2) is 8.42. The maximum atomic E-state index is 5.95. The van der Waals surface area contributed by atoms with E-state index in [9.17, 15) is 0 Å². The molecule has 2 unspecified atom stereocenters. The summed E-state index contributed by atoms with van der Waals surface area (Å²) in [6.45, 7) is 8.47. The first kappa shape index (κ1) is 19.7. The molecule has 3 aromatic rings. The zero-order valence-corrected chi connectivity index (χ0v) is 17.2. The van der Waals surface area contributed by atoms with Crippen LogP contribution < -0.4 is 0 Å². The zero-order chi connectivity index (χ0) is 20.3. The Kier molecular flexibility index (Phi) is 5.73. The molecule has 0 aromatic carbocycles. The number of hydrogen-bond acceptors (Lipinski definition) is 7. The number of ether oxygens (including phenoxy) is 1. The van der Waals surface area contributed by atoms with Crippen LogP contribution in [0.2, 0.25) is 0 Å². The third kappa shape index (κ3) is 4.54. The predicted molar refractivity (Wildman–Crippen MR) is 107 cm³/mol. The number of pyridine rings is 1. The van der Waals surface area contributed by atoms with Crippen molar-refractivity contribution in [1.29, 1.82) is 0 Å². The van der Waals surface area contributed by atoms with Gasteiger partial charge in [0, 0.05) is 19.3 Å². The van der Waals surface area contributed by atoms with E-state index in [1.54, 1.807) is 6.26 Å². The van der Waals surface area contributed by atoms with Gasteiger partial charge in [-0.2, -0.15) is 0 Å². The first-order valence-corrected chi connectivity index (χ1v) is 10.1. The molecule has 0 spiro atoms. The van der Waals surface area contributed by atoms with Crippen LogP contribution in [0.1, 0.15) is 56.9 Å². The molecule has 0 radical (unpaired) electrons. The van der Waals surface area contributed by atoms with E-state index in [-0.39, 0.29) is 17.7 Å². The third-order valence-electron chi connectivity index (χ3n) is 5.11. The van der Waals surface area contributed by atoms with Crippen LogP contribution in [0.25, 0.3) is 0 Å². The molecule has 1 saturated heterocycles. The van der Waals surface area contributed by atoms with E-state index in [1.165, 1.54) is 0 Å². The van der Waals surface area contributed by atoms with Crippen LogP contribution in [-0.4, -0.2) is 49.3 Å². The number of nitrogens with zero attached hydrogens (tertiary/aromatic N) is 6. The Morgan fingerprint density at radius 1 is 1.24 bits per heavy atom. The molecule has 4 heterocycles. The summed E-state index contributed by atoms with van der Waals surface area (Å²) >= 11 is 0. The lowest BCUT2D eigenvalue weighted by atomic mass is 10.1. The summed E-state index contributed by atoms with van der Waals surface area (Å²) in [5, 5.41) is 12.7. The number of tetrazole rings is 1. The van der Waals surface area contributed by atoms with Crippen molar-refractivity contribution in [1.82, 2.24) is 30.1 Å². The quantitative estimate of drug-likeness (QED) is 0.606. The summed E-state index contributed by atoms with van der Waals surface area (Å²) in [5.74, 6) is 1.65. The zero-order valence-electron chi connectivity index (χ0n) is 17.2. The number of furan rings is 1. The molecule has 3 aromatic heterocycles. The fourth-order valence-corrected chi connectivity index (χ4v) is 3.78. The lowest BCUT2D eigenvalue weighted by Crippen LogP contribution is -2.39. The minimum absolute atomic E-state index is 0.176. The number of rotatable bonds is 7. The van der Waals surface area contributed by atoms with Gasteiger partial charge in [-0.25, -0.2) is 4.68 Å². The second-order valence-corrected chi connectivity index (χ2v) is 8.42. The van der Waals surface area contributed by atoms with Crippen LogP contribution >= 0.6 is 0 Å². The van der Waals surface area contributed by atoms with E-state index in [0.29, 0.717) is 6.54 Å². The van der Waals surface area contributed by atoms with E-state index in [2.05, 4.69) is 46.2 Å². The average Bonchev–Trinajstić information content (AvgIpc) is 3.45. The maximum Gasteiger partial charge on any atom is 0.175 e. The Morgan fingerprint density at radius 3 is 2.79 bits per heavy atom. The maximum absolute atomic E-state index is 5.95. The molecular formula is C21H28N6O2. The highest BCUT2D eigenvalue weighted by molar-refractivity contribution is 5.18. The van der Waals surface area contributed by atoms with Crippen LogP contribution in [-0.2, 0) is 16.8 Å². The van der Waals surface area contributed by atoms with Crippen molar-refractivity contribution in [3.63, 3.8) is 0 Å². The Balaban J connectivity index is 1.76. The minimum atomic E-state index is -0.258. The highest BCUT2D eigenvalue weighted by Gasteiger charge is 2.34. The predicted octanol–water partition coefficient (Wildman–Crippen LogP) is 3.19. The van der Waals surface area contributed by atoms with Gasteiger partial charge in [0.2, 0.25) is 0 Å². The van der Waals surface area contributed by atoms with E-state index in [4.69, 9.17) is 9.15 Å². The van der Waals surface area contributed by atoms with E-state index in [0.717, 1.165) is 43.3 Å². The molecule has 1 aliphatic heterocycles. The summed E-state index contributed by atoms with van der Waals surface area (Å²) in [4.78, 5) is 6.97. The van der Waals surface area contributed by atoms with Gasteiger partial charge < -0.3 is 9.15 Å². The molecule has 0 N–H and O–H groups in total. The molecule has 0 amide bonds. The van der Waals surface area contributed by atoms with Crippen LogP contribution in [0, 0.1) is 0 Å². The molecule has 8 heteroatoms. The van der Waals surface area contributed by atoms with E-state index < -0.39 is 0 Å². The van der Waals surface area contributed by atoms with Crippen molar-refractivity contribution in [3.8, 4) is 0 Å². The smallest absolute Gasteiger partial charge is 0.175 e. The van der Waals surface area contributed by atoms with Crippen molar-refractivity contribution in [2.75, 3.05) is 13.2 Å². The number of hydrogen-bond donors (Lipinski definition) is 0. The fraction of sp³-hybridized carbons (Fsp3) is 0.524. The molecule has 29 heavy (non-hydrogen) atoms. The summed E-state index contributed by atoms with van der Waals surface area (Å²) in [6, 6.07) is 9.62. The van der Waals surface area contributed by atoms with Crippen molar-refractivity contribution in [2.24, 2.45) is 0 Å². The Hall–Kier alpha value is -2.58. The first-order valence-electron chi connectivity index (χ1n) is 10.1. The molecule has 1 fully saturated rings. The van der Waals surface area contributed by atoms with Gasteiger partial charge in [0.1, 0.15) is 11.8 Å². The monoisotopic (exact) mass is 396 g/mol. The Labute approximate surface area is 170 Å².